The summed E-state index contributed by atoms with van der Waals surface area (Å²) < 4.78 is 0. The van der Waals surface area contributed by atoms with E-state index in [2.05, 4.69) is 43.1 Å². The smallest absolute Gasteiger partial charge is 0.133 e. The lowest BCUT2D eigenvalue weighted by Crippen LogP contribution is -2.35. The van der Waals surface area contributed by atoms with Gasteiger partial charge in [-0.25, -0.2) is 4.98 Å². The van der Waals surface area contributed by atoms with E-state index in [9.17, 15) is 0 Å². The summed E-state index contributed by atoms with van der Waals surface area (Å²) in [7, 11) is 0. The fourth-order valence-electron chi connectivity index (χ4n) is 3.26. The number of hydrogen-bond acceptors (Lipinski definition) is 3. The van der Waals surface area contributed by atoms with Gasteiger partial charge in [-0.2, -0.15) is 0 Å². The Labute approximate surface area is 123 Å². The highest BCUT2D eigenvalue weighted by molar-refractivity contribution is 5.49. The first-order valence-electron chi connectivity index (χ1n) is 8.22. The molecular weight excluding hydrogens is 246 g/mol. The van der Waals surface area contributed by atoms with Crippen LogP contribution in [0.5, 0.6) is 0 Å². The third-order valence-corrected chi connectivity index (χ3v) is 4.36. The van der Waals surface area contributed by atoms with Crippen LogP contribution < -0.4 is 10.2 Å². The minimum atomic E-state index is 0.370. The van der Waals surface area contributed by atoms with E-state index in [0.29, 0.717) is 12.1 Å². The Morgan fingerprint density at radius 3 is 2.75 bits per heavy atom. The lowest BCUT2D eigenvalue weighted by molar-refractivity contribution is 0.557. The molecule has 1 heterocycles. The van der Waals surface area contributed by atoms with Crippen LogP contribution in [0.3, 0.4) is 0 Å². The van der Waals surface area contributed by atoms with Crippen molar-refractivity contribution in [2.45, 2.75) is 65.0 Å². The van der Waals surface area contributed by atoms with Crippen LogP contribution in [0.25, 0.3) is 0 Å². The molecule has 1 aliphatic rings. The zero-order valence-corrected chi connectivity index (χ0v) is 13.2. The number of aromatic nitrogens is 1. The maximum absolute atomic E-state index is 4.71. The Hall–Kier alpha value is -1.09. The van der Waals surface area contributed by atoms with E-state index < -0.39 is 0 Å². The van der Waals surface area contributed by atoms with Crippen LogP contribution in [0.1, 0.15) is 64.5 Å². The SMILES string of the molecule is CCCNC(C)c1cccnc1N(CC)C1CCCC1. The molecule has 1 unspecified atom stereocenters. The molecule has 1 saturated carbocycles. The molecule has 1 aromatic heterocycles. The van der Waals surface area contributed by atoms with Crippen molar-refractivity contribution in [3.63, 3.8) is 0 Å². The van der Waals surface area contributed by atoms with Gasteiger partial charge in [0.05, 0.1) is 0 Å². The van der Waals surface area contributed by atoms with Crippen molar-refractivity contribution >= 4 is 5.82 Å². The minimum absolute atomic E-state index is 0.370. The van der Waals surface area contributed by atoms with Crippen LogP contribution in [0.15, 0.2) is 18.3 Å². The topological polar surface area (TPSA) is 28.2 Å². The van der Waals surface area contributed by atoms with Gasteiger partial charge in [-0.3, -0.25) is 0 Å². The summed E-state index contributed by atoms with van der Waals surface area (Å²) in [6.45, 7) is 8.82. The van der Waals surface area contributed by atoms with Gasteiger partial charge in [0.2, 0.25) is 0 Å². The molecule has 0 radical (unpaired) electrons. The largest absolute Gasteiger partial charge is 0.354 e. The highest BCUT2D eigenvalue weighted by Gasteiger charge is 2.25. The second-order valence-electron chi connectivity index (χ2n) is 5.82. The lowest BCUT2D eigenvalue weighted by atomic mass is 10.1. The quantitative estimate of drug-likeness (QED) is 0.817. The lowest BCUT2D eigenvalue weighted by Gasteiger charge is -2.32. The van der Waals surface area contributed by atoms with Crippen molar-refractivity contribution in [2.75, 3.05) is 18.0 Å². The van der Waals surface area contributed by atoms with E-state index >= 15 is 0 Å². The predicted molar refractivity (Wildman–Crippen MR) is 86.2 cm³/mol. The molecule has 0 saturated heterocycles. The van der Waals surface area contributed by atoms with Crippen molar-refractivity contribution in [3.05, 3.63) is 23.9 Å². The normalized spacial score (nSPS) is 17.4. The average Bonchev–Trinajstić information content (AvgIpc) is 3.00. The Bertz CT molecular complexity index is 399. The molecule has 1 N–H and O–H groups in total. The van der Waals surface area contributed by atoms with Gasteiger partial charge in [0, 0.05) is 30.4 Å². The number of rotatable bonds is 7. The Morgan fingerprint density at radius 1 is 1.35 bits per heavy atom. The molecule has 0 bridgehead atoms. The fourth-order valence-corrected chi connectivity index (χ4v) is 3.26. The van der Waals surface area contributed by atoms with E-state index in [4.69, 9.17) is 4.98 Å². The van der Waals surface area contributed by atoms with E-state index in [-0.39, 0.29) is 0 Å². The van der Waals surface area contributed by atoms with Gasteiger partial charge in [0.15, 0.2) is 0 Å². The van der Waals surface area contributed by atoms with Crippen LogP contribution in [0, 0.1) is 0 Å². The van der Waals surface area contributed by atoms with Gasteiger partial charge in [-0.1, -0.05) is 25.8 Å². The zero-order valence-electron chi connectivity index (χ0n) is 13.2. The molecule has 1 fully saturated rings. The molecule has 3 heteroatoms. The minimum Gasteiger partial charge on any atom is -0.354 e. The van der Waals surface area contributed by atoms with Gasteiger partial charge in [-0.15, -0.1) is 0 Å². The molecule has 0 spiro atoms. The molecule has 2 rings (SSSR count). The van der Waals surface area contributed by atoms with E-state index in [1.165, 1.54) is 43.5 Å². The average molecular weight is 275 g/mol. The highest BCUT2D eigenvalue weighted by Crippen LogP contribution is 2.31. The monoisotopic (exact) mass is 275 g/mol. The van der Waals surface area contributed by atoms with Crippen LogP contribution >= 0.6 is 0 Å². The van der Waals surface area contributed by atoms with Gasteiger partial charge < -0.3 is 10.2 Å². The van der Waals surface area contributed by atoms with Crippen molar-refractivity contribution < 1.29 is 0 Å². The van der Waals surface area contributed by atoms with Crippen molar-refractivity contribution in [3.8, 4) is 0 Å². The van der Waals surface area contributed by atoms with Gasteiger partial charge in [0.25, 0.3) is 0 Å². The summed E-state index contributed by atoms with van der Waals surface area (Å²) in [4.78, 5) is 7.23. The number of anilines is 1. The summed E-state index contributed by atoms with van der Waals surface area (Å²) in [6.07, 6.45) is 8.48. The van der Waals surface area contributed by atoms with Crippen LogP contribution in [0.2, 0.25) is 0 Å². The summed E-state index contributed by atoms with van der Waals surface area (Å²) in [5, 5.41) is 3.59. The molecule has 20 heavy (non-hydrogen) atoms. The van der Waals surface area contributed by atoms with Gasteiger partial charge in [-0.05, 0) is 45.7 Å². The van der Waals surface area contributed by atoms with Gasteiger partial charge >= 0.3 is 0 Å². The van der Waals surface area contributed by atoms with Gasteiger partial charge in [0.1, 0.15) is 5.82 Å². The van der Waals surface area contributed by atoms with Crippen molar-refractivity contribution in [1.29, 1.82) is 0 Å². The summed E-state index contributed by atoms with van der Waals surface area (Å²) in [5.41, 5.74) is 1.34. The number of hydrogen-bond donors (Lipinski definition) is 1. The summed E-state index contributed by atoms with van der Waals surface area (Å²) >= 11 is 0. The second kappa shape index (κ2) is 7.63. The molecule has 1 aliphatic carbocycles. The second-order valence-corrected chi connectivity index (χ2v) is 5.82. The third-order valence-electron chi connectivity index (χ3n) is 4.36. The van der Waals surface area contributed by atoms with Crippen molar-refractivity contribution in [2.24, 2.45) is 0 Å². The van der Waals surface area contributed by atoms with E-state index in [1.54, 1.807) is 0 Å². The fraction of sp³-hybridized carbons (Fsp3) is 0.706. The predicted octanol–water partition coefficient (Wildman–Crippen LogP) is 3.91. The Morgan fingerprint density at radius 2 is 2.10 bits per heavy atom. The maximum Gasteiger partial charge on any atom is 0.133 e. The van der Waals surface area contributed by atoms with E-state index in [0.717, 1.165) is 13.1 Å². The summed E-state index contributed by atoms with van der Waals surface area (Å²) in [6, 6.07) is 5.35. The molecule has 0 aliphatic heterocycles. The van der Waals surface area contributed by atoms with Crippen LogP contribution in [0.4, 0.5) is 5.82 Å². The standard InChI is InChI=1S/C17H29N3/c1-4-12-18-14(3)16-11-8-13-19-17(16)20(5-2)15-9-6-7-10-15/h8,11,13-15,18H,4-7,9-10,12H2,1-3H3. The molecule has 1 atom stereocenters. The molecule has 112 valence electrons. The molecule has 0 amide bonds. The summed E-state index contributed by atoms with van der Waals surface area (Å²) in [5.74, 6) is 1.19. The molecule has 1 aromatic rings. The third kappa shape index (κ3) is 3.51. The Kier molecular flexibility index (Phi) is 5.84. The van der Waals surface area contributed by atoms with Crippen molar-refractivity contribution in [1.82, 2.24) is 10.3 Å². The first-order chi connectivity index (χ1) is 9.77. The number of nitrogens with zero attached hydrogens (tertiary/aromatic N) is 2. The first kappa shape index (κ1) is 15.3. The number of nitrogens with one attached hydrogen (secondary N) is 1. The van der Waals surface area contributed by atoms with E-state index in [1.807, 2.05) is 6.20 Å². The Balaban J connectivity index is 2.20. The molecular formula is C17H29N3. The van der Waals surface area contributed by atoms with Crippen LogP contribution in [-0.4, -0.2) is 24.1 Å². The number of pyridine rings is 1. The first-order valence-corrected chi connectivity index (χ1v) is 8.22. The molecule has 0 aromatic carbocycles. The van der Waals surface area contributed by atoms with Crippen LogP contribution in [-0.2, 0) is 0 Å². The maximum atomic E-state index is 4.71. The molecule has 3 nitrogen and oxygen atoms in total. The highest BCUT2D eigenvalue weighted by atomic mass is 15.2. The zero-order chi connectivity index (χ0) is 14.4.